The molecule has 2 N–H and O–H groups in total. The molecule has 0 unspecified atom stereocenters. The molecule has 0 saturated heterocycles. The largest absolute Gasteiger partial charge is 0.277 e. The van der Waals surface area contributed by atoms with Gasteiger partial charge in [0.15, 0.2) is 0 Å². The molecule has 0 bridgehead atoms. The van der Waals surface area contributed by atoms with Crippen molar-refractivity contribution in [3.63, 3.8) is 0 Å². The topological polar surface area (TPSA) is 63.4 Å². The predicted octanol–water partition coefficient (Wildman–Crippen LogP) is 0.859. The van der Waals surface area contributed by atoms with E-state index in [0.29, 0.717) is 18.1 Å². The summed E-state index contributed by atoms with van der Waals surface area (Å²) in [5.74, 6) is 0. The van der Waals surface area contributed by atoms with E-state index in [4.69, 9.17) is 16.7 Å². The Morgan fingerprint density at radius 3 is 2.57 bits per heavy atom. The Labute approximate surface area is 87.5 Å². The zero-order chi connectivity index (χ0) is 10.3. The Bertz CT molecular complexity index is 472. The molecule has 0 amide bonds. The molecule has 0 atom stereocenters. The highest BCUT2D eigenvalue weighted by Crippen LogP contribution is 2.26. The van der Waals surface area contributed by atoms with E-state index in [1.165, 1.54) is 4.31 Å². The highest BCUT2D eigenvalue weighted by Gasteiger charge is 2.26. The summed E-state index contributed by atoms with van der Waals surface area (Å²) in [5.41, 5.74) is 1.88. The smallest absolute Gasteiger partial charge is 0.216 e. The molecule has 0 fully saturated rings. The molecule has 0 saturated carbocycles. The highest BCUT2D eigenvalue weighted by molar-refractivity contribution is 7.86. The summed E-state index contributed by atoms with van der Waals surface area (Å²) in [6, 6.07) is 5.33. The fourth-order valence-electron chi connectivity index (χ4n) is 1.51. The van der Waals surface area contributed by atoms with Crippen LogP contribution >= 0.6 is 11.6 Å². The third kappa shape index (κ3) is 1.76. The van der Waals surface area contributed by atoms with Crippen molar-refractivity contribution in [1.29, 1.82) is 0 Å². The molecule has 0 spiro atoms. The molecule has 1 heterocycles. The number of rotatable bonds is 1. The number of hydrogen-bond donors (Lipinski definition) is 1. The predicted molar refractivity (Wildman–Crippen MR) is 53.8 cm³/mol. The molecule has 1 aliphatic rings. The van der Waals surface area contributed by atoms with Crippen LogP contribution in [0.15, 0.2) is 18.2 Å². The first-order valence-electron chi connectivity index (χ1n) is 4.02. The molecule has 4 nitrogen and oxygen atoms in total. The monoisotopic (exact) mass is 232 g/mol. The summed E-state index contributed by atoms with van der Waals surface area (Å²) < 4.78 is 23.3. The van der Waals surface area contributed by atoms with E-state index < -0.39 is 10.2 Å². The number of nitrogens with two attached hydrogens (primary N) is 1. The molecule has 6 heteroatoms. The zero-order valence-corrected chi connectivity index (χ0v) is 8.85. The van der Waals surface area contributed by atoms with Crippen molar-refractivity contribution >= 4 is 21.8 Å². The van der Waals surface area contributed by atoms with Crippen LogP contribution in [0.4, 0.5) is 0 Å². The first kappa shape index (κ1) is 9.92. The van der Waals surface area contributed by atoms with Crippen LogP contribution in [0.5, 0.6) is 0 Å². The molecular weight excluding hydrogens is 224 g/mol. The van der Waals surface area contributed by atoms with Crippen molar-refractivity contribution in [1.82, 2.24) is 4.31 Å². The second kappa shape index (κ2) is 3.20. The lowest BCUT2D eigenvalue weighted by atomic mass is 10.1. The lowest BCUT2D eigenvalue weighted by molar-refractivity contribution is 0.432. The Kier molecular flexibility index (Phi) is 2.27. The van der Waals surface area contributed by atoms with Gasteiger partial charge in [-0.05, 0) is 23.3 Å². The van der Waals surface area contributed by atoms with Crippen molar-refractivity contribution in [3.8, 4) is 0 Å². The third-order valence-corrected chi connectivity index (χ3v) is 3.43. The molecule has 1 aromatic carbocycles. The number of hydrogen-bond acceptors (Lipinski definition) is 2. The van der Waals surface area contributed by atoms with Crippen LogP contribution in [0.1, 0.15) is 11.1 Å². The molecular formula is C8H9ClN2O2S. The quantitative estimate of drug-likeness (QED) is 0.781. The second-order valence-corrected chi connectivity index (χ2v) is 5.21. The van der Waals surface area contributed by atoms with Gasteiger partial charge in [-0.25, -0.2) is 5.14 Å². The molecule has 76 valence electrons. The van der Waals surface area contributed by atoms with Crippen LogP contribution in [-0.2, 0) is 23.3 Å². The molecule has 0 radical (unpaired) electrons. The number of nitrogens with zero attached hydrogens (tertiary/aromatic N) is 1. The van der Waals surface area contributed by atoms with Crippen molar-refractivity contribution < 1.29 is 8.42 Å². The Balaban J connectivity index is 2.35. The summed E-state index contributed by atoms with van der Waals surface area (Å²) in [6.45, 7) is 0.653. The minimum absolute atomic E-state index is 0.314. The third-order valence-electron chi connectivity index (χ3n) is 2.22. The van der Waals surface area contributed by atoms with Crippen LogP contribution in [0.2, 0.25) is 5.02 Å². The molecule has 0 aliphatic carbocycles. The first-order chi connectivity index (χ1) is 6.47. The fraction of sp³-hybridized carbons (Fsp3) is 0.250. The van der Waals surface area contributed by atoms with Crippen LogP contribution in [0, 0.1) is 0 Å². The average Bonchev–Trinajstić information content (AvgIpc) is 2.45. The van der Waals surface area contributed by atoms with Gasteiger partial charge in [0, 0.05) is 18.1 Å². The summed E-state index contributed by atoms with van der Waals surface area (Å²) in [4.78, 5) is 0. The van der Waals surface area contributed by atoms with Gasteiger partial charge in [-0.3, -0.25) is 0 Å². The van der Waals surface area contributed by atoms with Gasteiger partial charge >= 0.3 is 0 Å². The fourth-order valence-corrected chi connectivity index (χ4v) is 2.34. The number of halogens is 1. The van der Waals surface area contributed by atoms with E-state index >= 15 is 0 Å². The first-order valence-corrected chi connectivity index (χ1v) is 5.90. The van der Waals surface area contributed by atoms with Crippen LogP contribution in [0.25, 0.3) is 0 Å². The van der Waals surface area contributed by atoms with Gasteiger partial charge in [0.05, 0.1) is 0 Å². The van der Waals surface area contributed by atoms with E-state index in [-0.39, 0.29) is 0 Å². The van der Waals surface area contributed by atoms with Crippen molar-refractivity contribution in [2.24, 2.45) is 5.14 Å². The highest BCUT2D eigenvalue weighted by atomic mass is 35.5. The molecule has 0 aromatic heterocycles. The lowest BCUT2D eigenvalue weighted by Crippen LogP contribution is -2.32. The minimum Gasteiger partial charge on any atom is -0.216 e. The summed E-state index contributed by atoms with van der Waals surface area (Å²) >= 11 is 5.79. The molecule has 14 heavy (non-hydrogen) atoms. The van der Waals surface area contributed by atoms with Gasteiger partial charge in [0.2, 0.25) is 0 Å². The van der Waals surface area contributed by atoms with Gasteiger partial charge in [0.25, 0.3) is 10.2 Å². The van der Waals surface area contributed by atoms with Crippen LogP contribution in [0.3, 0.4) is 0 Å². The Morgan fingerprint density at radius 1 is 1.29 bits per heavy atom. The lowest BCUT2D eigenvalue weighted by Gasteiger charge is -2.09. The maximum absolute atomic E-state index is 11.1. The van der Waals surface area contributed by atoms with Crippen molar-refractivity contribution in [3.05, 3.63) is 34.3 Å². The van der Waals surface area contributed by atoms with E-state index in [1.54, 1.807) is 12.1 Å². The maximum atomic E-state index is 11.1. The van der Waals surface area contributed by atoms with Gasteiger partial charge in [-0.2, -0.15) is 12.7 Å². The van der Waals surface area contributed by atoms with Gasteiger partial charge in [0.1, 0.15) is 0 Å². The SMILES string of the molecule is NS(=O)(=O)N1Cc2ccc(Cl)cc2C1. The summed E-state index contributed by atoms with van der Waals surface area (Å²) in [5, 5.41) is 5.63. The number of benzene rings is 1. The molecule has 1 aromatic rings. The minimum atomic E-state index is -3.59. The van der Waals surface area contributed by atoms with E-state index in [2.05, 4.69) is 0 Å². The van der Waals surface area contributed by atoms with Gasteiger partial charge < -0.3 is 0 Å². The summed E-state index contributed by atoms with van der Waals surface area (Å²) in [7, 11) is -3.59. The summed E-state index contributed by atoms with van der Waals surface area (Å²) in [6.07, 6.45) is 0. The Hall–Kier alpha value is -0.620. The van der Waals surface area contributed by atoms with E-state index in [9.17, 15) is 8.42 Å². The molecule has 1 aliphatic heterocycles. The average molecular weight is 233 g/mol. The maximum Gasteiger partial charge on any atom is 0.277 e. The van der Waals surface area contributed by atoms with Gasteiger partial charge in [-0.15, -0.1) is 0 Å². The normalized spacial score (nSPS) is 17.0. The van der Waals surface area contributed by atoms with Gasteiger partial charge in [-0.1, -0.05) is 17.7 Å². The Morgan fingerprint density at radius 2 is 1.93 bits per heavy atom. The van der Waals surface area contributed by atoms with E-state index in [0.717, 1.165) is 11.1 Å². The second-order valence-electron chi connectivity index (χ2n) is 3.23. The van der Waals surface area contributed by atoms with Crippen LogP contribution < -0.4 is 5.14 Å². The number of fused-ring (bicyclic) bond motifs is 1. The van der Waals surface area contributed by atoms with Crippen molar-refractivity contribution in [2.45, 2.75) is 13.1 Å². The van der Waals surface area contributed by atoms with Crippen molar-refractivity contribution in [2.75, 3.05) is 0 Å². The standard InChI is InChI=1S/C8H9ClN2O2S/c9-8-2-1-6-4-11(14(10,12)13)5-7(6)3-8/h1-3H,4-5H2,(H2,10,12,13). The van der Waals surface area contributed by atoms with Crippen LogP contribution in [-0.4, -0.2) is 12.7 Å². The van der Waals surface area contributed by atoms with E-state index in [1.807, 2.05) is 6.07 Å². The zero-order valence-electron chi connectivity index (χ0n) is 7.27. The molecule has 2 rings (SSSR count).